The Kier molecular flexibility index (Phi) is 6.67. The van der Waals surface area contributed by atoms with Gasteiger partial charge in [0.1, 0.15) is 12.0 Å². The molecule has 0 bridgehead atoms. The van der Waals surface area contributed by atoms with Crippen LogP contribution in [0.5, 0.6) is 0 Å². The zero-order valence-corrected chi connectivity index (χ0v) is 16.2. The first-order valence-electron chi connectivity index (χ1n) is 9.42. The number of nitriles is 1. The number of para-hydroxylation sites is 1. The van der Waals surface area contributed by atoms with Gasteiger partial charge in [0.2, 0.25) is 0 Å². The summed E-state index contributed by atoms with van der Waals surface area (Å²) in [5, 5.41) is 10.7. The van der Waals surface area contributed by atoms with Crippen molar-refractivity contribution in [1.82, 2.24) is 4.90 Å². The summed E-state index contributed by atoms with van der Waals surface area (Å²) < 4.78 is 13.6. The lowest BCUT2D eigenvalue weighted by molar-refractivity contribution is -0.498. The third-order valence-corrected chi connectivity index (χ3v) is 4.79. The van der Waals surface area contributed by atoms with Crippen molar-refractivity contribution in [3.8, 4) is 6.07 Å². The molecular formula is C22H21FN5O2+. The number of likely N-dealkylation sites (tertiary alicyclic amines) is 1. The van der Waals surface area contributed by atoms with E-state index in [9.17, 15) is 19.2 Å². The van der Waals surface area contributed by atoms with Gasteiger partial charge in [0.15, 0.2) is 11.5 Å². The maximum atomic E-state index is 13.6. The number of nitrogens with zero attached hydrogens (tertiary/aromatic N) is 3. The first kappa shape index (κ1) is 20.9. The number of aliphatic imine (C=N–C) groups is 1. The maximum Gasteiger partial charge on any atom is 0.255 e. The van der Waals surface area contributed by atoms with Crippen LogP contribution in [0.4, 0.5) is 10.1 Å². The topological polar surface area (TPSA) is 116 Å². The van der Waals surface area contributed by atoms with Gasteiger partial charge in [-0.25, -0.2) is 4.39 Å². The molecule has 1 fully saturated rings. The van der Waals surface area contributed by atoms with E-state index in [2.05, 4.69) is 4.99 Å². The molecule has 0 aromatic heterocycles. The van der Waals surface area contributed by atoms with Crippen LogP contribution in [-0.4, -0.2) is 35.6 Å². The second kappa shape index (κ2) is 9.58. The van der Waals surface area contributed by atoms with Gasteiger partial charge >= 0.3 is 0 Å². The van der Waals surface area contributed by atoms with Gasteiger partial charge in [0, 0.05) is 25.2 Å². The molecule has 4 N–H and O–H groups in total. The fraction of sp³-hybridized carbons (Fsp3) is 0.182. The Balaban J connectivity index is 1.58. The lowest BCUT2D eigenvalue weighted by atomic mass is 10.1. The van der Waals surface area contributed by atoms with Gasteiger partial charge in [-0.15, -0.1) is 0 Å². The predicted octanol–water partition coefficient (Wildman–Crippen LogP) is 1.45. The molecule has 1 heterocycles. The molecule has 0 aliphatic carbocycles. The number of hydrogen-bond donors (Lipinski definition) is 2. The van der Waals surface area contributed by atoms with Crippen LogP contribution < -0.4 is 11.1 Å². The summed E-state index contributed by atoms with van der Waals surface area (Å²) in [6, 6.07) is 14.9. The standard InChI is InChI=1S/C22H20FN5O2/c23-18-7-3-4-8-19(18)26-11-9-20(25)27-21(29)16-10-12-28(14-16)22(30)17-6-2-1-5-15(17)13-24/h1-9,11,16,26H,10,12,14H2,(H2,25,27,29)/p+1. The number of quaternary nitrogens is 1. The first-order valence-corrected chi connectivity index (χ1v) is 9.42. The zero-order valence-electron chi connectivity index (χ0n) is 16.2. The monoisotopic (exact) mass is 406 g/mol. The van der Waals surface area contributed by atoms with Crippen LogP contribution in [0.3, 0.4) is 0 Å². The molecule has 2 aromatic rings. The number of benzene rings is 2. The molecule has 1 unspecified atom stereocenters. The van der Waals surface area contributed by atoms with E-state index in [-0.39, 0.29) is 24.1 Å². The van der Waals surface area contributed by atoms with Crippen molar-refractivity contribution in [2.75, 3.05) is 13.1 Å². The highest BCUT2D eigenvalue weighted by Crippen LogP contribution is 2.21. The second-order valence-electron chi connectivity index (χ2n) is 6.82. The van der Waals surface area contributed by atoms with Gasteiger partial charge in [-0.05, 0) is 24.6 Å². The molecule has 1 atom stereocenters. The smallest absolute Gasteiger partial charge is 0.255 e. The van der Waals surface area contributed by atoms with Gasteiger partial charge in [-0.2, -0.15) is 10.3 Å². The molecule has 7 nitrogen and oxygen atoms in total. The number of nitrogens with two attached hydrogens (primary N) is 2. The summed E-state index contributed by atoms with van der Waals surface area (Å²) in [6.07, 6.45) is 3.42. The molecule has 8 heteroatoms. The summed E-state index contributed by atoms with van der Waals surface area (Å²) in [5.74, 6) is -1.49. The lowest BCUT2D eigenvalue weighted by Gasteiger charge is -2.16. The molecule has 0 spiro atoms. The number of carbonyl (C=O) groups excluding carboxylic acids is 2. The van der Waals surface area contributed by atoms with Crippen molar-refractivity contribution >= 4 is 23.3 Å². The van der Waals surface area contributed by atoms with E-state index >= 15 is 0 Å². The minimum absolute atomic E-state index is 0.00666. The highest BCUT2D eigenvalue weighted by Gasteiger charge is 2.32. The number of amides is 2. The fourth-order valence-electron chi connectivity index (χ4n) is 3.20. The quantitative estimate of drug-likeness (QED) is 0.444. The van der Waals surface area contributed by atoms with Crippen LogP contribution >= 0.6 is 0 Å². The number of carbonyl (C=O) groups is 2. The molecule has 1 aliphatic heterocycles. The molecule has 1 aliphatic rings. The lowest BCUT2D eigenvalue weighted by Crippen LogP contribution is -2.71. The Morgan fingerprint density at radius 3 is 2.73 bits per heavy atom. The van der Waals surface area contributed by atoms with Crippen LogP contribution in [0.15, 0.2) is 65.8 Å². The molecule has 0 saturated carbocycles. The zero-order chi connectivity index (χ0) is 21.5. The molecular weight excluding hydrogens is 385 g/mol. The van der Waals surface area contributed by atoms with Gasteiger partial charge in [0.25, 0.3) is 11.8 Å². The van der Waals surface area contributed by atoms with E-state index < -0.39 is 11.8 Å². The van der Waals surface area contributed by atoms with E-state index in [4.69, 9.17) is 5.73 Å². The van der Waals surface area contributed by atoms with Crippen LogP contribution in [0.25, 0.3) is 0 Å². The number of halogens is 1. The van der Waals surface area contributed by atoms with Gasteiger partial charge in [-0.3, -0.25) is 14.9 Å². The average molecular weight is 406 g/mol. The summed E-state index contributed by atoms with van der Waals surface area (Å²) in [4.78, 5) is 30.5. The van der Waals surface area contributed by atoms with Crippen molar-refractivity contribution in [3.05, 3.63) is 77.8 Å². The van der Waals surface area contributed by atoms with Crippen LogP contribution in [0.2, 0.25) is 0 Å². The summed E-state index contributed by atoms with van der Waals surface area (Å²) >= 11 is 0. The first-order chi connectivity index (χ1) is 14.5. The molecule has 30 heavy (non-hydrogen) atoms. The van der Waals surface area contributed by atoms with Crippen LogP contribution in [-0.2, 0) is 4.79 Å². The minimum atomic E-state index is -0.453. The van der Waals surface area contributed by atoms with E-state index in [1.807, 2.05) is 6.07 Å². The second-order valence-corrected chi connectivity index (χ2v) is 6.82. The summed E-state index contributed by atoms with van der Waals surface area (Å²) in [6.45, 7) is 0.626. The van der Waals surface area contributed by atoms with E-state index in [0.717, 1.165) is 0 Å². The minimum Gasteiger partial charge on any atom is -0.383 e. The Hall–Kier alpha value is -3.83. The van der Waals surface area contributed by atoms with E-state index in [0.29, 0.717) is 29.8 Å². The third kappa shape index (κ3) is 4.96. The average Bonchev–Trinajstić information content (AvgIpc) is 3.25. The Bertz CT molecular complexity index is 1060. The van der Waals surface area contributed by atoms with Crippen LogP contribution in [0, 0.1) is 23.1 Å². The van der Waals surface area contributed by atoms with Crippen molar-refractivity contribution in [3.63, 3.8) is 0 Å². The molecule has 3 rings (SSSR count). The molecule has 1 saturated heterocycles. The van der Waals surface area contributed by atoms with Crippen molar-refractivity contribution < 1.29 is 19.3 Å². The van der Waals surface area contributed by atoms with Crippen molar-refractivity contribution in [2.45, 2.75) is 6.42 Å². The highest BCUT2D eigenvalue weighted by atomic mass is 19.1. The molecule has 2 aromatic carbocycles. The molecule has 152 valence electrons. The number of amidine groups is 1. The van der Waals surface area contributed by atoms with Gasteiger partial charge < -0.3 is 10.6 Å². The van der Waals surface area contributed by atoms with Crippen molar-refractivity contribution in [2.24, 2.45) is 16.6 Å². The Morgan fingerprint density at radius 2 is 1.97 bits per heavy atom. The summed E-state index contributed by atoms with van der Waals surface area (Å²) in [7, 11) is 0. The van der Waals surface area contributed by atoms with Crippen LogP contribution in [0.1, 0.15) is 22.3 Å². The van der Waals surface area contributed by atoms with Gasteiger partial charge in [0.05, 0.1) is 23.1 Å². The highest BCUT2D eigenvalue weighted by molar-refractivity contribution is 6.01. The van der Waals surface area contributed by atoms with Crippen molar-refractivity contribution in [1.29, 1.82) is 5.26 Å². The van der Waals surface area contributed by atoms with E-state index in [1.54, 1.807) is 47.4 Å². The number of hydrogen-bond acceptors (Lipinski definition) is 3. The third-order valence-electron chi connectivity index (χ3n) is 4.79. The largest absolute Gasteiger partial charge is 0.383 e. The summed E-state index contributed by atoms with van der Waals surface area (Å²) in [5.41, 5.74) is 6.80. The fourth-order valence-corrected chi connectivity index (χ4v) is 3.20. The Labute approximate surface area is 173 Å². The van der Waals surface area contributed by atoms with E-state index in [1.165, 1.54) is 23.7 Å². The Morgan fingerprint density at radius 1 is 1.23 bits per heavy atom. The SMILES string of the molecule is N#Cc1ccccc1C(=O)N1CCC(C(=O)N=C(N)C=C[NH2+]c2ccccc2F)C1. The normalized spacial score (nSPS) is 16.6. The van der Waals surface area contributed by atoms with Gasteiger partial charge in [-0.1, -0.05) is 24.3 Å². The molecule has 0 radical (unpaired) electrons. The predicted molar refractivity (Wildman–Crippen MR) is 109 cm³/mol. The molecule has 2 amide bonds. The maximum absolute atomic E-state index is 13.6. The number of rotatable bonds is 5.